The largest absolute Gasteiger partial charge is 0.480 e. The zero-order valence-electron chi connectivity index (χ0n) is 9.17. The van der Waals surface area contributed by atoms with Crippen LogP contribution in [0.1, 0.15) is 17.2 Å². The van der Waals surface area contributed by atoms with E-state index in [-0.39, 0.29) is 0 Å². The molecular weight excluding hydrogens is 218 g/mol. The van der Waals surface area contributed by atoms with E-state index in [1.165, 1.54) is 0 Å². The van der Waals surface area contributed by atoms with Crippen LogP contribution in [0, 0.1) is 0 Å². The minimum atomic E-state index is -0.889. The SMILES string of the molecule is O=C(O)C(NCc1ccoc1)c1ccccc1. The third-order valence-electron chi connectivity index (χ3n) is 2.47. The van der Waals surface area contributed by atoms with Gasteiger partial charge in [0.15, 0.2) is 0 Å². The van der Waals surface area contributed by atoms with Gasteiger partial charge in [-0.05, 0) is 11.6 Å². The van der Waals surface area contributed by atoms with E-state index in [4.69, 9.17) is 9.52 Å². The van der Waals surface area contributed by atoms with Crippen molar-refractivity contribution in [2.75, 3.05) is 0 Å². The molecule has 4 heteroatoms. The van der Waals surface area contributed by atoms with E-state index in [1.807, 2.05) is 18.2 Å². The van der Waals surface area contributed by atoms with E-state index in [1.54, 1.807) is 30.7 Å². The second kappa shape index (κ2) is 5.32. The number of rotatable bonds is 5. The van der Waals surface area contributed by atoms with Gasteiger partial charge in [-0.1, -0.05) is 30.3 Å². The molecule has 1 heterocycles. The van der Waals surface area contributed by atoms with Crippen molar-refractivity contribution in [2.45, 2.75) is 12.6 Å². The van der Waals surface area contributed by atoms with Crippen LogP contribution in [0.25, 0.3) is 0 Å². The Morgan fingerprint density at radius 3 is 2.65 bits per heavy atom. The molecule has 0 radical (unpaired) electrons. The van der Waals surface area contributed by atoms with Gasteiger partial charge in [-0.15, -0.1) is 0 Å². The molecule has 2 aromatic rings. The maximum atomic E-state index is 11.2. The number of hydrogen-bond acceptors (Lipinski definition) is 3. The summed E-state index contributed by atoms with van der Waals surface area (Å²) in [5.74, 6) is -0.889. The van der Waals surface area contributed by atoms with Crippen molar-refractivity contribution in [3.8, 4) is 0 Å². The minimum Gasteiger partial charge on any atom is -0.480 e. The van der Waals surface area contributed by atoms with E-state index in [2.05, 4.69) is 5.32 Å². The lowest BCUT2D eigenvalue weighted by Crippen LogP contribution is -2.27. The molecule has 0 saturated carbocycles. The van der Waals surface area contributed by atoms with Gasteiger partial charge in [0.2, 0.25) is 0 Å². The molecule has 1 aromatic carbocycles. The van der Waals surface area contributed by atoms with Gasteiger partial charge in [0.05, 0.1) is 12.5 Å². The summed E-state index contributed by atoms with van der Waals surface area (Å²) in [5, 5.41) is 12.1. The molecule has 2 N–H and O–H groups in total. The Morgan fingerprint density at radius 1 is 1.29 bits per heavy atom. The third-order valence-corrected chi connectivity index (χ3v) is 2.47. The van der Waals surface area contributed by atoms with Gasteiger partial charge >= 0.3 is 5.97 Å². The number of benzene rings is 1. The summed E-state index contributed by atoms with van der Waals surface area (Å²) < 4.78 is 4.93. The number of hydrogen-bond donors (Lipinski definition) is 2. The van der Waals surface area contributed by atoms with Gasteiger partial charge in [0, 0.05) is 12.1 Å². The predicted octanol–water partition coefficient (Wildman–Crippen LogP) is 2.20. The van der Waals surface area contributed by atoms with Crippen LogP contribution in [0.3, 0.4) is 0 Å². The lowest BCUT2D eigenvalue weighted by Gasteiger charge is -2.13. The fraction of sp³-hybridized carbons (Fsp3) is 0.154. The first-order valence-electron chi connectivity index (χ1n) is 5.29. The van der Waals surface area contributed by atoms with Crippen molar-refractivity contribution in [3.63, 3.8) is 0 Å². The monoisotopic (exact) mass is 231 g/mol. The summed E-state index contributed by atoms with van der Waals surface area (Å²) in [7, 11) is 0. The summed E-state index contributed by atoms with van der Waals surface area (Å²) >= 11 is 0. The van der Waals surface area contributed by atoms with Crippen LogP contribution >= 0.6 is 0 Å². The Balaban J connectivity index is 2.06. The molecule has 0 amide bonds. The highest BCUT2D eigenvalue weighted by Gasteiger charge is 2.18. The molecule has 0 aliphatic heterocycles. The number of carboxylic acid groups (broad SMARTS) is 1. The predicted molar refractivity (Wildman–Crippen MR) is 62.4 cm³/mol. The molecule has 0 saturated heterocycles. The lowest BCUT2D eigenvalue weighted by atomic mass is 10.1. The molecule has 0 spiro atoms. The lowest BCUT2D eigenvalue weighted by molar-refractivity contribution is -0.139. The zero-order chi connectivity index (χ0) is 12.1. The van der Waals surface area contributed by atoms with Gasteiger partial charge < -0.3 is 9.52 Å². The fourth-order valence-electron chi connectivity index (χ4n) is 1.61. The van der Waals surface area contributed by atoms with Gasteiger partial charge in [0.1, 0.15) is 6.04 Å². The van der Waals surface area contributed by atoms with Crippen LogP contribution in [-0.2, 0) is 11.3 Å². The molecule has 4 nitrogen and oxygen atoms in total. The average Bonchev–Trinajstić information content (AvgIpc) is 2.83. The summed E-state index contributed by atoms with van der Waals surface area (Å²) in [4.78, 5) is 11.2. The Labute approximate surface area is 98.9 Å². The standard InChI is InChI=1S/C13H13NO3/c15-13(16)12(11-4-2-1-3-5-11)14-8-10-6-7-17-9-10/h1-7,9,12,14H,8H2,(H,15,16). The van der Waals surface area contributed by atoms with Crippen LogP contribution < -0.4 is 5.32 Å². The molecule has 1 atom stereocenters. The number of carbonyl (C=O) groups is 1. The highest BCUT2D eigenvalue weighted by atomic mass is 16.4. The second-order valence-corrected chi connectivity index (χ2v) is 3.69. The first kappa shape index (κ1) is 11.4. The number of carboxylic acids is 1. The summed E-state index contributed by atoms with van der Waals surface area (Å²) in [6.07, 6.45) is 3.16. The molecule has 0 aliphatic rings. The van der Waals surface area contributed by atoms with Gasteiger partial charge in [-0.25, -0.2) is 0 Å². The Hall–Kier alpha value is -2.07. The van der Waals surface area contributed by atoms with Crippen molar-refractivity contribution < 1.29 is 14.3 Å². The summed E-state index contributed by atoms with van der Waals surface area (Å²) in [5.41, 5.74) is 1.66. The minimum absolute atomic E-state index is 0.461. The van der Waals surface area contributed by atoms with Crippen LogP contribution in [0.15, 0.2) is 53.3 Å². The molecule has 1 aromatic heterocycles. The first-order valence-corrected chi connectivity index (χ1v) is 5.29. The van der Waals surface area contributed by atoms with E-state index >= 15 is 0 Å². The molecular formula is C13H13NO3. The third kappa shape index (κ3) is 2.95. The molecule has 0 bridgehead atoms. The van der Waals surface area contributed by atoms with E-state index < -0.39 is 12.0 Å². The van der Waals surface area contributed by atoms with E-state index in [0.717, 1.165) is 11.1 Å². The van der Waals surface area contributed by atoms with Crippen molar-refractivity contribution >= 4 is 5.97 Å². The van der Waals surface area contributed by atoms with Crippen molar-refractivity contribution in [1.82, 2.24) is 5.32 Å². The molecule has 0 fully saturated rings. The van der Waals surface area contributed by atoms with Crippen LogP contribution in [0.2, 0.25) is 0 Å². The molecule has 88 valence electrons. The van der Waals surface area contributed by atoms with Gasteiger partial charge in [-0.2, -0.15) is 0 Å². The van der Waals surface area contributed by atoms with E-state index in [0.29, 0.717) is 6.54 Å². The maximum absolute atomic E-state index is 11.2. The Morgan fingerprint density at radius 2 is 2.06 bits per heavy atom. The van der Waals surface area contributed by atoms with Crippen LogP contribution in [-0.4, -0.2) is 11.1 Å². The van der Waals surface area contributed by atoms with Crippen LogP contribution in [0.4, 0.5) is 0 Å². The fourth-order valence-corrected chi connectivity index (χ4v) is 1.61. The van der Waals surface area contributed by atoms with Crippen LogP contribution in [0.5, 0.6) is 0 Å². The van der Waals surface area contributed by atoms with E-state index in [9.17, 15) is 4.79 Å². The molecule has 2 rings (SSSR count). The number of furan rings is 1. The Kier molecular flexibility index (Phi) is 3.57. The molecule has 1 unspecified atom stereocenters. The number of nitrogens with one attached hydrogen (secondary N) is 1. The second-order valence-electron chi connectivity index (χ2n) is 3.69. The smallest absolute Gasteiger partial charge is 0.325 e. The topological polar surface area (TPSA) is 62.5 Å². The maximum Gasteiger partial charge on any atom is 0.325 e. The molecule has 17 heavy (non-hydrogen) atoms. The van der Waals surface area contributed by atoms with Crippen molar-refractivity contribution in [1.29, 1.82) is 0 Å². The van der Waals surface area contributed by atoms with Gasteiger partial charge in [0.25, 0.3) is 0 Å². The average molecular weight is 231 g/mol. The van der Waals surface area contributed by atoms with Gasteiger partial charge in [-0.3, -0.25) is 10.1 Å². The zero-order valence-corrected chi connectivity index (χ0v) is 9.17. The highest BCUT2D eigenvalue weighted by molar-refractivity contribution is 5.75. The quantitative estimate of drug-likeness (QED) is 0.828. The Bertz CT molecular complexity index is 465. The summed E-state index contributed by atoms with van der Waals surface area (Å²) in [6.45, 7) is 0.461. The molecule has 0 aliphatic carbocycles. The normalized spacial score (nSPS) is 12.2. The first-order chi connectivity index (χ1) is 8.27. The summed E-state index contributed by atoms with van der Waals surface area (Å²) in [6, 6.07) is 10.2. The highest BCUT2D eigenvalue weighted by Crippen LogP contribution is 2.13. The van der Waals surface area contributed by atoms with Crippen molar-refractivity contribution in [3.05, 3.63) is 60.1 Å². The van der Waals surface area contributed by atoms with Crippen molar-refractivity contribution in [2.24, 2.45) is 0 Å². The number of aliphatic carboxylic acids is 1.